The number of aromatic nitrogens is 3. The zero-order valence-electron chi connectivity index (χ0n) is 23.7. The molecule has 0 aliphatic carbocycles. The van der Waals surface area contributed by atoms with Crippen LogP contribution >= 0.6 is 11.3 Å². The second-order valence-corrected chi connectivity index (χ2v) is 11.5. The van der Waals surface area contributed by atoms with E-state index in [4.69, 9.17) is 9.47 Å². The van der Waals surface area contributed by atoms with Crippen molar-refractivity contribution in [3.05, 3.63) is 70.5 Å². The molecule has 2 bridgehead atoms. The number of nitrogens with zero attached hydrogens (tertiary/aromatic N) is 5. The van der Waals surface area contributed by atoms with Gasteiger partial charge in [-0.25, -0.2) is 4.98 Å². The standard InChI is InChI=1S/C30H32N6O5S/c1-18-11-23(33-34(18)2)30(39)36-14-21-19-6-8-25(40-3)26(12-19)41-10-4-9-35(16-28(37)32-24(21)15-36)29(38)20-5-7-22-27(13-20)42-17-31-22/h5-8,11-13,17,21,24H,4,9-10,14-16H2,1-3H3,(H,32,37)/t21-,24+/m1/s1. The minimum atomic E-state index is -0.376. The van der Waals surface area contributed by atoms with E-state index in [-0.39, 0.29) is 36.2 Å². The summed E-state index contributed by atoms with van der Waals surface area (Å²) in [6.45, 7) is 3.14. The van der Waals surface area contributed by atoms with Crippen molar-refractivity contribution in [2.45, 2.75) is 25.3 Å². The molecule has 3 amide bonds. The highest BCUT2D eigenvalue weighted by Gasteiger charge is 2.39. The molecule has 2 aromatic carbocycles. The molecule has 12 heteroatoms. The summed E-state index contributed by atoms with van der Waals surface area (Å²) in [5, 5.41) is 7.50. The van der Waals surface area contributed by atoms with E-state index in [2.05, 4.69) is 15.4 Å². The van der Waals surface area contributed by atoms with Crippen LogP contribution in [0.4, 0.5) is 0 Å². The Kier molecular flexibility index (Phi) is 7.55. The highest BCUT2D eigenvalue weighted by Crippen LogP contribution is 2.35. The highest BCUT2D eigenvalue weighted by molar-refractivity contribution is 7.16. The number of hydrogen-bond donors (Lipinski definition) is 1. The number of amides is 3. The van der Waals surface area contributed by atoms with Crippen LogP contribution in [0.25, 0.3) is 10.2 Å². The SMILES string of the molecule is COc1ccc2cc1OCCCN(C(=O)c1ccc3ncsc3c1)CC(=O)N[C@H]1CN(C(=O)c3cc(C)n(C)n3)C[C@H]21. The van der Waals surface area contributed by atoms with E-state index in [0.717, 1.165) is 21.5 Å². The molecule has 1 saturated heterocycles. The van der Waals surface area contributed by atoms with Gasteiger partial charge in [-0.2, -0.15) is 5.10 Å². The summed E-state index contributed by atoms with van der Waals surface area (Å²) in [7, 11) is 3.39. The molecular weight excluding hydrogens is 556 g/mol. The number of thiazole rings is 1. The van der Waals surface area contributed by atoms with E-state index in [1.165, 1.54) is 11.3 Å². The molecule has 2 aliphatic heterocycles. The molecule has 4 aromatic rings. The Labute approximate surface area is 247 Å². The largest absolute Gasteiger partial charge is 0.493 e. The van der Waals surface area contributed by atoms with Gasteiger partial charge in [0.1, 0.15) is 0 Å². The molecule has 0 radical (unpaired) electrons. The monoisotopic (exact) mass is 588 g/mol. The molecule has 0 unspecified atom stereocenters. The van der Waals surface area contributed by atoms with Crippen molar-refractivity contribution in [2.24, 2.45) is 7.05 Å². The number of nitrogens with one attached hydrogen (secondary N) is 1. The van der Waals surface area contributed by atoms with Gasteiger partial charge in [0.05, 0.1) is 42.0 Å². The van der Waals surface area contributed by atoms with Crippen LogP contribution in [0.1, 0.15) is 44.4 Å². The summed E-state index contributed by atoms with van der Waals surface area (Å²) < 4.78 is 14.3. The molecule has 218 valence electrons. The summed E-state index contributed by atoms with van der Waals surface area (Å²) >= 11 is 1.46. The number of likely N-dealkylation sites (tertiary alicyclic amines) is 1. The molecular formula is C30H32N6O5S. The van der Waals surface area contributed by atoms with Crippen LogP contribution in [0.2, 0.25) is 0 Å². The van der Waals surface area contributed by atoms with Gasteiger partial charge in [0.2, 0.25) is 5.91 Å². The van der Waals surface area contributed by atoms with Crippen LogP contribution in [0.15, 0.2) is 48.0 Å². The summed E-state index contributed by atoms with van der Waals surface area (Å²) in [4.78, 5) is 48.1. The van der Waals surface area contributed by atoms with Gasteiger partial charge in [0.25, 0.3) is 11.8 Å². The quantitative estimate of drug-likeness (QED) is 0.391. The van der Waals surface area contributed by atoms with Crippen molar-refractivity contribution < 1.29 is 23.9 Å². The van der Waals surface area contributed by atoms with Gasteiger partial charge in [-0.15, -0.1) is 11.3 Å². The van der Waals surface area contributed by atoms with Crippen LogP contribution in [-0.2, 0) is 11.8 Å². The minimum absolute atomic E-state index is 0.114. The zero-order valence-corrected chi connectivity index (χ0v) is 24.5. The third-order valence-corrected chi connectivity index (χ3v) is 8.72. The third-order valence-electron chi connectivity index (χ3n) is 7.93. The fourth-order valence-corrected chi connectivity index (χ4v) is 6.32. The van der Waals surface area contributed by atoms with Gasteiger partial charge in [-0.3, -0.25) is 19.1 Å². The predicted molar refractivity (Wildman–Crippen MR) is 157 cm³/mol. The lowest BCUT2D eigenvalue weighted by molar-refractivity contribution is -0.122. The Morgan fingerprint density at radius 3 is 2.74 bits per heavy atom. The first kappa shape index (κ1) is 27.7. The van der Waals surface area contributed by atoms with E-state index in [1.54, 1.807) is 46.3 Å². The molecule has 4 heterocycles. The first-order valence-electron chi connectivity index (χ1n) is 13.8. The first-order chi connectivity index (χ1) is 20.3. The van der Waals surface area contributed by atoms with Crippen LogP contribution in [0.3, 0.4) is 0 Å². The van der Waals surface area contributed by atoms with Crippen molar-refractivity contribution in [1.29, 1.82) is 0 Å². The number of ether oxygens (including phenoxy) is 2. The number of carbonyl (C=O) groups is 3. The Bertz CT molecular complexity index is 1650. The van der Waals surface area contributed by atoms with Crippen LogP contribution < -0.4 is 14.8 Å². The minimum Gasteiger partial charge on any atom is -0.493 e. The molecule has 6 rings (SSSR count). The Morgan fingerprint density at radius 1 is 1.10 bits per heavy atom. The number of rotatable bonds is 3. The van der Waals surface area contributed by atoms with Crippen LogP contribution in [0, 0.1) is 6.92 Å². The third kappa shape index (κ3) is 5.41. The van der Waals surface area contributed by atoms with Crippen LogP contribution in [-0.4, -0.2) is 88.2 Å². The smallest absolute Gasteiger partial charge is 0.274 e. The zero-order chi connectivity index (χ0) is 29.4. The Morgan fingerprint density at radius 2 is 1.95 bits per heavy atom. The Balaban J connectivity index is 1.29. The summed E-state index contributed by atoms with van der Waals surface area (Å²) in [6, 6.07) is 12.5. The molecule has 1 fully saturated rings. The number of hydrogen-bond acceptors (Lipinski definition) is 8. The maximum atomic E-state index is 13.6. The average Bonchev–Trinajstić information content (AvgIpc) is 3.71. The highest BCUT2D eigenvalue weighted by atomic mass is 32.1. The Hall–Kier alpha value is -4.45. The van der Waals surface area contributed by atoms with Crippen molar-refractivity contribution in [3.8, 4) is 11.5 Å². The van der Waals surface area contributed by atoms with Crippen molar-refractivity contribution >= 4 is 39.3 Å². The molecule has 1 N–H and O–H groups in total. The lowest BCUT2D eigenvalue weighted by Gasteiger charge is -2.24. The first-order valence-corrected chi connectivity index (χ1v) is 14.7. The maximum absolute atomic E-state index is 13.6. The maximum Gasteiger partial charge on any atom is 0.274 e. The second kappa shape index (κ2) is 11.4. The van der Waals surface area contributed by atoms with Gasteiger partial charge in [0.15, 0.2) is 17.2 Å². The lowest BCUT2D eigenvalue weighted by atomic mass is 9.94. The van der Waals surface area contributed by atoms with Gasteiger partial charge in [0, 0.05) is 43.9 Å². The summed E-state index contributed by atoms with van der Waals surface area (Å²) in [5.74, 6) is 0.261. The molecule has 42 heavy (non-hydrogen) atoms. The van der Waals surface area contributed by atoms with E-state index in [1.807, 2.05) is 37.3 Å². The molecule has 2 aromatic heterocycles. The van der Waals surface area contributed by atoms with Gasteiger partial charge in [-0.05, 0) is 55.3 Å². The van der Waals surface area contributed by atoms with Crippen molar-refractivity contribution in [3.63, 3.8) is 0 Å². The van der Waals surface area contributed by atoms with E-state index in [9.17, 15) is 14.4 Å². The second-order valence-electron chi connectivity index (χ2n) is 10.7. The lowest BCUT2D eigenvalue weighted by Crippen LogP contribution is -2.47. The molecule has 2 atom stereocenters. The summed E-state index contributed by atoms with van der Waals surface area (Å²) in [6.07, 6.45) is 0.522. The molecule has 0 spiro atoms. The fourth-order valence-electron chi connectivity index (χ4n) is 5.60. The van der Waals surface area contributed by atoms with Crippen molar-refractivity contribution in [2.75, 3.05) is 39.9 Å². The number of fused-ring (bicyclic) bond motifs is 5. The molecule has 0 saturated carbocycles. The normalized spacial score (nSPS) is 19.3. The van der Waals surface area contributed by atoms with E-state index >= 15 is 0 Å². The molecule has 2 aliphatic rings. The van der Waals surface area contributed by atoms with Crippen LogP contribution in [0.5, 0.6) is 11.5 Å². The number of benzene rings is 2. The van der Waals surface area contributed by atoms with E-state index in [0.29, 0.717) is 55.4 Å². The number of aryl methyl sites for hydroxylation is 2. The van der Waals surface area contributed by atoms with E-state index < -0.39 is 0 Å². The van der Waals surface area contributed by atoms with Crippen molar-refractivity contribution in [1.82, 2.24) is 29.9 Å². The summed E-state index contributed by atoms with van der Waals surface area (Å²) in [5.41, 5.74) is 5.24. The number of carbonyl (C=O) groups excluding carboxylic acids is 3. The number of methoxy groups -OCH3 is 1. The van der Waals surface area contributed by atoms with Gasteiger partial charge >= 0.3 is 0 Å². The predicted octanol–water partition coefficient (Wildman–Crippen LogP) is 3.00. The van der Waals surface area contributed by atoms with Gasteiger partial charge in [-0.1, -0.05) is 6.07 Å². The van der Waals surface area contributed by atoms with Gasteiger partial charge < -0.3 is 24.6 Å². The molecule has 11 nitrogen and oxygen atoms in total. The average molecular weight is 589 g/mol. The topological polar surface area (TPSA) is 119 Å². The fraction of sp³-hybridized carbons (Fsp3) is 0.367.